The average Bonchev–Trinajstić information content (AvgIpc) is 2.38. The van der Waals surface area contributed by atoms with E-state index in [9.17, 15) is 9.90 Å². The predicted molar refractivity (Wildman–Crippen MR) is 78.1 cm³/mol. The lowest BCUT2D eigenvalue weighted by atomic mass is 10.4. The van der Waals surface area contributed by atoms with Crippen molar-refractivity contribution in [3.05, 3.63) is 28.2 Å². The minimum Gasteiger partial charge on any atom is -0.389 e. The molecule has 0 bridgehead atoms. The van der Waals surface area contributed by atoms with Gasteiger partial charge in [0.2, 0.25) is 5.91 Å². The SMILES string of the molecule is COCC(O)CNC(=O)CSc1cc(Cl)ccc1Cl. The Morgan fingerprint density at radius 2 is 2.26 bits per heavy atom. The third-order valence-corrected chi connectivity index (χ3v) is 3.88. The molecule has 0 saturated carbocycles. The fourth-order valence-corrected chi connectivity index (χ4v) is 2.59. The first-order valence-corrected chi connectivity index (χ1v) is 7.28. The summed E-state index contributed by atoms with van der Waals surface area (Å²) in [5.74, 6) is 0.0240. The fraction of sp³-hybridized carbons (Fsp3) is 0.417. The summed E-state index contributed by atoms with van der Waals surface area (Å²) < 4.78 is 4.76. The van der Waals surface area contributed by atoms with Crippen molar-refractivity contribution in [3.63, 3.8) is 0 Å². The van der Waals surface area contributed by atoms with Crippen LogP contribution in [0.2, 0.25) is 10.0 Å². The third kappa shape index (κ3) is 6.49. The number of ether oxygens (including phenoxy) is 1. The number of thioether (sulfide) groups is 1. The summed E-state index contributed by atoms with van der Waals surface area (Å²) in [4.78, 5) is 12.3. The Morgan fingerprint density at radius 3 is 2.95 bits per heavy atom. The molecule has 0 radical (unpaired) electrons. The van der Waals surface area contributed by atoms with Crippen LogP contribution in [0.25, 0.3) is 0 Å². The molecule has 0 heterocycles. The summed E-state index contributed by atoms with van der Waals surface area (Å²) in [7, 11) is 1.49. The van der Waals surface area contributed by atoms with Crippen LogP contribution in [0.5, 0.6) is 0 Å². The minimum atomic E-state index is -0.700. The second-order valence-corrected chi connectivity index (χ2v) is 5.64. The van der Waals surface area contributed by atoms with Gasteiger partial charge in [0.25, 0.3) is 0 Å². The second-order valence-electron chi connectivity index (χ2n) is 3.78. The van der Waals surface area contributed by atoms with Gasteiger partial charge in [-0.05, 0) is 18.2 Å². The third-order valence-electron chi connectivity index (χ3n) is 2.15. The topological polar surface area (TPSA) is 58.6 Å². The predicted octanol–water partition coefficient (Wildman–Crippen LogP) is 2.21. The molecule has 0 aromatic heterocycles. The van der Waals surface area contributed by atoms with E-state index in [1.165, 1.54) is 18.9 Å². The number of carbonyl (C=O) groups is 1. The lowest BCUT2D eigenvalue weighted by Gasteiger charge is -2.10. The Labute approximate surface area is 126 Å². The number of carbonyl (C=O) groups excluding carboxylic acids is 1. The molecule has 2 N–H and O–H groups in total. The van der Waals surface area contributed by atoms with Crippen molar-refractivity contribution in [1.29, 1.82) is 0 Å². The number of aliphatic hydroxyl groups is 1. The molecule has 0 aliphatic carbocycles. The van der Waals surface area contributed by atoms with Crippen LogP contribution in [0.4, 0.5) is 0 Å². The number of rotatable bonds is 7. The molecule has 19 heavy (non-hydrogen) atoms. The van der Waals surface area contributed by atoms with Gasteiger partial charge in [-0.15, -0.1) is 11.8 Å². The summed E-state index contributed by atoms with van der Waals surface area (Å²) in [5, 5.41) is 13.1. The molecule has 0 saturated heterocycles. The molecule has 106 valence electrons. The Bertz CT molecular complexity index is 431. The molecule has 1 aromatic carbocycles. The van der Waals surface area contributed by atoms with Gasteiger partial charge in [0.1, 0.15) is 0 Å². The van der Waals surface area contributed by atoms with Crippen molar-refractivity contribution in [2.45, 2.75) is 11.0 Å². The number of methoxy groups -OCH3 is 1. The first-order chi connectivity index (χ1) is 9.02. The number of hydrogen-bond donors (Lipinski definition) is 2. The van der Waals surface area contributed by atoms with Crippen LogP contribution in [0.15, 0.2) is 23.1 Å². The first kappa shape index (κ1) is 16.6. The molecule has 0 aliphatic heterocycles. The van der Waals surface area contributed by atoms with E-state index in [-0.39, 0.29) is 24.8 Å². The number of amides is 1. The van der Waals surface area contributed by atoms with Crippen molar-refractivity contribution in [2.75, 3.05) is 26.0 Å². The van der Waals surface area contributed by atoms with Crippen LogP contribution in [0.3, 0.4) is 0 Å². The second kappa shape index (κ2) is 8.66. The minimum absolute atomic E-state index is 0.163. The van der Waals surface area contributed by atoms with Gasteiger partial charge < -0.3 is 15.2 Å². The number of hydrogen-bond acceptors (Lipinski definition) is 4. The van der Waals surface area contributed by atoms with Crippen molar-refractivity contribution in [1.82, 2.24) is 5.32 Å². The summed E-state index contributed by atoms with van der Waals surface area (Å²) in [5.41, 5.74) is 0. The highest BCUT2D eigenvalue weighted by Gasteiger charge is 2.09. The van der Waals surface area contributed by atoms with Crippen LogP contribution in [0, 0.1) is 0 Å². The van der Waals surface area contributed by atoms with E-state index >= 15 is 0 Å². The van der Waals surface area contributed by atoms with Crippen LogP contribution in [0.1, 0.15) is 0 Å². The number of halogens is 2. The molecule has 1 rings (SSSR count). The van der Waals surface area contributed by atoms with Gasteiger partial charge in [0, 0.05) is 23.6 Å². The molecule has 0 fully saturated rings. The molecule has 1 amide bonds. The molecule has 1 aromatic rings. The zero-order chi connectivity index (χ0) is 14.3. The van der Waals surface area contributed by atoms with Crippen molar-refractivity contribution in [2.24, 2.45) is 0 Å². The highest BCUT2D eigenvalue weighted by atomic mass is 35.5. The van der Waals surface area contributed by atoms with Crippen LogP contribution in [-0.2, 0) is 9.53 Å². The smallest absolute Gasteiger partial charge is 0.230 e. The number of benzene rings is 1. The quantitative estimate of drug-likeness (QED) is 0.755. The van der Waals surface area contributed by atoms with E-state index in [1.54, 1.807) is 18.2 Å². The van der Waals surface area contributed by atoms with Gasteiger partial charge in [0.15, 0.2) is 0 Å². The monoisotopic (exact) mass is 323 g/mol. The van der Waals surface area contributed by atoms with E-state index < -0.39 is 6.10 Å². The standard InChI is InChI=1S/C12H15Cl2NO3S/c1-18-6-9(16)5-15-12(17)7-19-11-4-8(13)2-3-10(11)14/h2-4,9,16H,5-7H2,1H3,(H,15,17). The van der Waals surface area contributed by atoms with Gasteiger partial charge in [-0.1, -0.05) is 23.2 Å². The summed E-state index contributed by atoms with van der Waals surface area (Å²) in [6.45, 7) is 0.351. The number of aliphatic hydroxyl groups excluding tert-OH is 1. The maximum atomic E-state index is 11.6. The van der Waals surface area contributed by atoms with Crippen LogP contribution < -0.4 is 5.32 Å². The molecule has 4 nitrogen and oxygen atoms in total. The molecular weight excluding hydrogens is 309 g/mol. The average molecular weight is 324 g/mol. The van der Waals surface area contributed by atoms with Crippen molar-refractivity contribution < 1.29 is 14.6 Å². The molecule has 1 unspecified atom stereocenters. The highest BCUT2D eigenvalue weighted by molar-refractivity contribution is 8.00. The Morgan fingerprint density at radius 1 is 1.53 bits per heavy atom. The Hall–Kier alpha value is -0.460. The van der Waals surface area contributed by atoms with Gasteiger partial charge in [-0.25, -0.2) is 0 Å². The van der Waals surface area contributed by atoms with E-state index in [0.717, 1.165) is 4.90 Å². The van der Waals surface area contributed by atoms with Gasteiger partial charge >= 0.3 is 0 Å². The first-order valence-electron chi connectivity index (χ1n) is 5.54. The Balaban J connectivity index is 2.35. The zero-order valence-corrected chi connectivity index (χ0v) is 12.7. The molecule has 7 heteroatoms. The molecular formula is C12H15Cl2NO3S. The summed E-state index contributed by atoms with van der Waals surface area (Å²) in [6.07, 6.45) is -0.700. The maximum absolute atomic E-state index is 11.6. The fourth-order valence-electron chi connectivity index (χ4n) is 1.27. The maximum Gasteiger partial charge on any atom is 0.230 e. The molecule has 0 spiro atoms. The van der Waals surface area contributed by atoms with E-state index in [4.69, 9.17) is 27.9 Å². The molecule has 1 atom stereocenters. The highest BCUT2D eigenvalue weighted by Crippen LogP contribution is 2.29. The van der Waals surface area contributed by atoms with Gasteiger partial charge in [-0.2, -0.15) is 0 Å². The zero-order valence-electron chi connectivity index (χ0n) is 10.4. The Kier molecular flexibility index (Phi) is 7.56. The van der Waals surface area contributed by atoms with Crippen LogP contribution in [-0.4, -0.2) is 43.1 Å². The van der Waals surface area contributed by atoms with Gasteiger partial charge in [0.05, 0.1) is 23.5 Å². The molecule has 0 aliphatic rings. The lowest BCUT2D eigenvalue weighted by molar-refractivity contribution is -0.119. The van der Waals surface area contributed by atoms with Crippen LogP contribution >= 0.6 is 35.0 Å². The number of nitrogens with one attached hydrogen (secondary N) is 1. The normalized spacial score (nSPS) is 12.2. The van der Waals surface area contributed by atoms with E-state index in [1.807, 2.05) is 0 Å². The van der Waals surface area contributed by atoms with E-state index in [0.29, 0.717) is 10.0 Å². The summed E-state index contributed by atoms with van der Waals surface area (Å²) >= 11 is 13.1. The largest absolute Gasteiger partial charge is 0.389 e. The van der Waals surface area contributed by atoms with E-state index in [2.05, 4.69) is 5.32 Å². The lowest BCUT2D eigenvalue weighted by Crippen LogP contribution is -2.35. The summed E-state index contributed by atoms with van der Waals surface area (Å²) in [6, 6.07) is 5.09. The van der Waals surface area contributed by atoms with Gasteiger partial charge in [-0.3, -0.25) is 4.79 Å². The van der Waals surface area contributed by atoms with Crippen molar-refractivity contribution in [3.8, 4) is 0 Å². The van der Waals surface area contributed by atoms with Crippen molar-refractivity contribution >= 4 is 40.9 Å².